The summed E-state index contributed by atoms with van der Waals surface area (Å²) >= 11 is 5.79. The summed E-state index contributed by atoms with van der Waals surface area (Å²) in [6.07, 6.45) is 3.82. The first kappa shape index (κ1) is 16.1. The minimum Gasteiger partial charge on any atom is -0.484 e. The van der Waals surface area contributed by atoms with Gasteiger partial charge in [-0.3, -0.25) is 4.79 Å². The quantitative estimate of drug-likeness (QED) is 0.879. The second-order valence-electron chi connectivity index (χ2n) is 5.93. The van der Waals surface area contributed by atoms with Gasteiger partial charge in [-0.15, -0.1) is 0 Å². The number of halogens is 1. The van der Waals surface area contributed by atoms with Crippen LogP contribution in [0.1, 0.15) is 32.6 Å². The van der Waals surface area contributed by atoms with Crippen molar-refractivity contribution in [3.05, 3.63) is 29.3 Å². The Morgan fingerprint density at radius 1 is 1.48 bits per heavy atom. The van der Waals surface area contributed by atoms with E-state index in [2.05, 4.69) is 12.2 Å². The molecular weight excluding hydrogens is 290 g/mol. The third-order valence-electron chi connectivity index (χ3n) is 3.98. The number of amides is 1. The molecule has 0 bridgehead atoms. The van der Waals surface area contributed by atoms with Crippen molar-refractivity contribution in [2.75, 3.05) is 13.2 Å². The average Bonchev–Trinajstić information content (AvgIpc) is 2.46. The van der Waals surface area contributed by atoms with Crippen LogP contribution >= 0.6 is 11.6 Å². The Kier molecular flexibility index (Phi) is 5.48. The number of rotatable bonds is 5. The van der Waals surface area contributed by atoms with Crippen molar-refractivity contribution in [1.82, 2.24) is 5.32 Å². The van der Waals surface area contributed by atoms with E-state index in [1.165, 1.54) is 0 Å². The van der Waals surface area contributed by atoms with Gasteiger partial charge in [-0.25, -0.2) is 0 Å². The van der Waals surface area contributed by atoms with E-state index in [1.54, 1.807) is 24.3 Å². The van der Waals surface area contributed by atoms with E-state index in [4.69, 9.17) is 16.3 Å². The summed E-state index contributed by atoms with van der Waals surface area (Å²) in [6, 6.07) is 6.87. The zero-order chi connectivity index (χ0) is 15.3. The summed E-state index contributed by atoms with van der Waals surface area (Å²) in [7, 11) is 0. The lowest BCUT2D eigenvalue weighted by atomic mass is 9.77. The predicted octanol–water partition coefficient (Wildman–Crippen LogP) is 2.78. The third-order valence-corrected chi connectivity index (χ3v) is 4.23. The molecule has 0 saturated heterocycles. The maximum Gasteiger partial charge on any atom is 0.258 e. The van der Waals surface area contributed by atoms with E-state index in [9.17, 15) is 9.90 Å². The van der Waals surface area contributed by atoms with Crippen LogP contribution in [0.25, 0.3) is 0 Å². The second kappa shape index (κ2) is 7.14. The molecule has 1 aromatic rings. The van der Waals surface area contributed by atoms with Crippen molar-refractivity contribution in [3.8, 4) is 5.75 Å². The predicted molar refractivity (Wildman–Crippen MR) is 82.5 cm³/mol. The lowest BCUT2D eigenvalue weighted by Crippen LogP contribution is -2.55. The van der Waals surface area contributed by atoms with Crippen molar-refractivity contribution in [2.45, 2.75) is 38.1 Å². The second-order valence-corrected chi connectivity index (χ2v) is 6.37. The Morgan fingerprint density at radius 3 is 2.81 bits per heavy atom. The fraction of sp³-hybridized carbons (Fsp3) is 0.562. The van der Waals surface area contributed by atoms with Crippen molar-refractivity contribution in [2.24, 2.45) is 5.92 Å². The van der Waals surface area contributed by atoms with Crippen molar-refractivity contribution in [3.63, 3.8) is 0 Å². The number of nitrogens with one attached hydrogen (secondary N) is 1. The SMILES string of the molecule is CC1CCCC(CO)(NC(=O)COc2ccc(Cl)cc2)C1. The topological polar surface area (TPSA) is 58.6 Å². The van der Waals surface area contributed by atoms with Crippen LogP contribution in [0.15, 0.2) is 24.3 Å². The number of carbonyl (C=O) groups excluding carboxylic acids is 1. The highest BCUT2D eigenvalue weighted by Gasteiger charge is 2.35. The molecule has 4 nitrogen and oxygen atoms in total. The molecule has 1 aliphatic carbocycles. The number of aliphatic hydroxyl groups excluding tert-OH is 1. The summed E-state index contributed by atoms with van der Waals surface area (Å²) in [5, 5.41) is 13.2. The molecule has 1 amide bonds. The van der Waals surface area contributed by atoms with E-state index in [1.807, 2.05) is 0 Å². The number of benzene rings is 1. The van der Waals surface area contributed by atoms with Gasteiger partial charge >= 0.3 is 0 Å². The number of carbonyl (C=O) groups is 1. The minimum atomic E-state index is -0.488. The molecule has 1 fully saturated rings. The molecule has 2 unspecified atom stereocenters. The number of hydrogen-bond donors (Lipinski definition) is 2. The van der Waals surface area contributed by atoms with Crippen LogP contribution in [0.4, 0.5) is 0 Å². The maximum absolute atomic E-state index is 12.0. The van der Waals surface area contributed by atoms with Gasteiger partial charge in [0.2, 0.25) is 0 Å². The largest absolute Gasteiger partial charge is 0.484 e. The molecule has 2 N–H and O–H groups in total. The standard InChI is InChI=1S/C16H22ClNO3/c1-12-3-2-8-16(9-12,11-19)18-15(20)10-21-14-6-4-13(17)5-7-14/h4-7,12,19H,2-3,8-11H2,1H3,(H,18,20). The lowest BCUT2D eigenvalue weighted by molar-refractivity contribution is -0.126. The van der Waals surface area contributed by atoms with Crippen LogP contribution in [0.5, 0.6) is 5.75 Å². The zero-order valence-electron chi connectivity index (χ0n) is 12.3. The first-order chi connectivity index (χ1) is 10.0. The van der Waals surface area contributed by atoms with Gasteiger partial charge in [-0.1, -0.05) is 31.4 Å². The van der Waals surface area contributed by atoms with Crippen LogP contribution in [0.2, 0.25) is 5.02 Å². The minimum absolute atomic E-state index is 0.0238. The normalized spacial score (nSPS) is 25.4. The molecule has 0 spiro atoms. The summed E-state index contributed by atoms with van der Waals surface area (Å²) in [5.41, 5.74) is -0.488. The molecule has 0 aliphatic heterocycles. The molecule has 116 valence electrons. The Bertz CT molecular complexity index is 477. The van der Waals surface area contributed by atoms with Crippen LogP contribution in [-0.2, 0) is 4.79 Å². The van der Waals surface area contributed by atoms with Crippen molar-refractivity contribution in [1.29, 1.82) is 0 Å². The Hall–Kier alpha value is -1.26. The van der Waals surface area contributed by atoms with Gasteiger partial charge in [0.15, 0.2) is 6.61 Å². The monoisotopic (exact) mass is 311 g/mol. The van der Waals surface area contributed by atoms with Gasteiger partial charge in [0, 0.05) is 5.02 Å². The Balaban J connectivity index is 1.86. The highest BCUT2D eigenvalue weighted by Crippen LogP contribution is 2.31. The van der Waals surface area contributed by atoms with Crippen LogP contribution in [-0.4, -0.2) is 29.8 Å². The van der Waals surface area contributed by atoms with Gasteiger partial charge in [-0.2, -0.15) is 0 Å². The number of aliphatic hydroxyl groups is 1. The average molecular weight is 312 g/mol. The lowest BCUT2D eigenvalue weighted by Gasteiger charge is -2.39. The van der Waals surface area contributed by atoms with Gasteiger partial charge in [0.25, 0.3) is 5.91 Å². The molecule has 1 aliphatic rings. The van der Waals surface area contributed by atoms with E-state index in [-0.39, 0.29) is 19.1 Å². The molecule has 0 aromatic heterocycles. The summed E-state index contributed by atoms with van der Waals surface area (Å²) in [5.74, 6) is 0.918. The van der Waals surface area contributed by atoms with E-state index in [0.717, 1.165) is 25.7 Å². The first-order valence-corrected chi connectivity index (χ1v) is 7.71. The third kappa shape index (κ3) is 4.61. The number of hydrogen-bond acceptors (Lipinski definition) is 3. The fourth-order valence-electron chi connectivity index (χ4n) is 2.97. The van der Waals surface area contributed by atoms with Gasteiger partial charge in [0.1, 0.15) is 5.75 Å². The molecule has 2 atom stereocenters. The van der Waals surface area contributed by atoms with E-state index < -0.39 is 5.54 Å². The highest BCUT2D eigenvalue weighted by molar-refractivity contribution is 6.30. The fourth-order valence-corrected chi connectivity index (χ4v) is 3.09. The summed E-state index contributed by atoms with van der Waals surface area (Å²) < 4.78 is 5.43. The van der Waals surface area contributed by atoms with E-state index >= 15 is 0 Å². The van der Waals surface area contributed by atoms with Crippen molar-refractivity contribution >= 4 is 17.5 Å². The molecule has 1 aromatic carbocycles. The van der Waals surface area contributed by atoms with Gasteiger partial charge in [0.05, 0.1) is 12.1 Å². The molecule has 1 saturated carbocycles. The molecular formula is C16H22ClNO3. The van der Waals surface area contributed by atoms with Gasteiger partial charge in [-0.05, 0) is 43.0 Å². The molecule has 0 radical (unpaired) electrons. The zero-order valence-corrected chi connectivity index (χ0v) is 13.0. The summed E-state index contributed by atoms with van der Waals surface area (Å²) in [4.78, 5) is 12.0. The number of ether oxygens (including phenoxy) is 1. The molecule has 21 heavy (non-hydrogen) atoms. The highest BCUT2D eigenvalue weighted by atomic mass is 35.5. The van der Waals surface area contributed by atoms with E-state index in [0.29, 0.717) is 16.7 Å². The van der Waals surface area contributed by atoms with Gasteiger partial charge < -0.3 is 15.2 Å². The molecule has 2 rings (SSSR count). The van der Waals surface area contributed by atoms with Crippen LogP contribution in [0, 0.1) is 5.92 Å². The van der Waals surface area contributed by atoms with Crippen molar-refractivity contribution < 1.29 is 14.6 Å². The maximum atomic E-state index is 12.0. The molecule has 0 heterocycles. The van der Waals surface area contributed by atoms with Crippen LogP contribution in [0.3, 0.4) is 0 Å². The Morgan fingerprint density at radius 2 is 2.19 bits per heavy atom. The Labute approximate surface area is 130 Å². The first-order valence-electron chi connectivity index (χ1n) is 7.33. The van der Waals surface area contributed by atoms with Crippen LogP contribution < -0.4 is 10.1 Å². The molecule has 5 heteroatoms. The smallest absolute Gasteiger partial charge is 0.258 e. The summed E-state index contributed by atoms with van der Waals surface area (Å²) in [6.45, 7) is 2.07.